The molecule has 0 unspecified atom stereocenters. The largest absolute Gasteiger partial charge is 0.353 e. The van der Waals surface area contributed by atoms with E-state index in [9.17, 15) is 4.79 Å². The van der Waals surface area contributed by atoms with Crippen LogP contribution >= 0.6 is 27.3 Å². The molecule has 0 aliphatic carbocycles. The van der Waals surface area contributed by atoms with Crippen LogP contribution < -0.4 is 5.32 Å². The second-order valence-electron chi connectivity index (χ2n) is 2.36. The molecule has 1 aromatic heterocycles. The molecule has 0 bridgehead atoms. The lowest BCUT2D eigenvalue weighted by molar-refractivity contribution is -0.118. The number of halogens is 1. The highest BCUT2D eigenvalue weighted by Gasteiger charge is 1.93. The van der Waals surface area contributed by atoms with Crippen LogP contribution in [0.3, 0.4) is 0 Å². The number of nitrogens with one attached hydrogen (secondary N) is 1. The van der Waals surface area contributed by atoms with Crippen LogP contribution in [0.5, 0.6) is 0 Å². The predicted octanol–water partition coefficient (Wildman–Crippen LogP) is 2.05. The molecule has 0 atom stereocenters. The number of thiazole rings is 1. The van der Waals surface area contributed by atoms with Crippen LogP contribution in [-0.4, -0.2) is 17.4 Å². The topological polar surface area (TPSA) is 42.0 Å². The van der Waals surface area contributed by atoms with Crippen molar-refractivity contribution in [3.05, 3.63) is 21.1 Å². The number of amides is 1. The molecule has 1 amide bonds. The highest BCUT2D eigenvalue weighted by Crippen LogP contribution is 2.16. The van der Waals surface area contributed by atoms with Gasteiger partial charge < -0.3 is 5.32 Å². The summed E-state index contributed by atoms with van der Waals surface area (Å²) in [6.45, 7) is 2.04. The smallest absolute Gasteiger partial charge is 0.217 e. The molecule has 0 saturated carbocycles. The summed E-state index contributed by atoms with van der Waals surface area (Å²) in [5.41, 5.74) is 0.905. The van der Waals surface area contributed by atoms with Gasteiger partial charge in [0.05, 0.1) is 5.69 Å². The molecule has 0 saturated heterocycles. The Morgan fingerprint density at radius 3 is 3.15 bits per heavy atom. The van der Waals surface area contributed by atoms with Crippen LogP contribution in [0.2, 0.25) is 0 Å². The maximum absolute atomic E-state index is 10.5. The summed E-state index contributed by atoms with van der Waals surface area (Å²) in [6.07, 6.45) is 3.74. The summed E-state index contributed by atoms with van der Waals surface area (Å²) in [5, 5.41) is 4.60. The molecule has 0 aliphatic rings. The van der Waals surface area contributed by atoms with E-state index < -0.39 is 0 Å². The number of aromatic nitrogens is 1. The fourth-order valence-corrected chi connectivity index (χ4v) is 1.71. The van der Waals surface area contributed by atoms with Gasteiger partial charge in [-0.05, 0) is 22.0 Å². The highest BCUT2D eigenvalue weighted by molar-refractivity contribution is 9.11. The molecule has 1 N–H and O–H groups in total. The fourth-order valence-electron chi connectivity index (χ4n) is 0.722. The maximum atomic E-state index is 10.5. The standard InChI is InChI=1S/C8H9BrN2OS/c1-6(12)10-4-2-3-7-5-13-8(9)11-7/h2-3,5H,4H2,1H3,(H,10,12). The van der Waals surface area contributed by atoms with Gasteiger partial charge in [-0.25, -0.2) is 4.98 Å². The summed E-state index contributed by atoms with van der Waals surface area (Å²) < 4.78 is 0.867. The number of hydrogen-bond acceptors (Lipinski definition) is 3. The zero-order chi connectivity index (χ0) is 9.68. The Bertz CT molecular complexity index is 322. The minimum absolute atomic E-state index is 0.0240. The molecule has 1 heterocycles. The van der Waals surface area contributed by atoms with Gasteiger partial charge in [-0.1, -0.05) is 6.08 Å². The molecule has 1 aromatic rings. The van der Waals surface area contributed by atoms with Crippen LogP contribution in [0.15, 0.2) is 15.4 Å². The van der Waals surface area contributed by atoms with Crippen molar-refractivity contribution in [2.24, 2.45) is 0 Å². The van der Waals surface area contributed by atoms with Gasteiger partial charge in [-0.3, -0.25) is 4.79 Å². The van der Waals surface area contributed by atoms with Crippen LogP contribution in [-0.2, 0) is 4.79 Å². The molecule has 70 valence electrons. The highest BCUT2D eigenvalue weighted by atomic mass is 79.9. The predicted molar refractivity (Wildman–Crippen MR) is 57.5 cm³/mol. The third kappa shape index (κ3) is 4.19. The first-order valence-corrected chi connectivity index (χ1v) is 5.38. The van der Waals surface area contributed by atoms with E-state index in [1.54, 1.807) is 0 Å². The first kappa shape index (κ1) is 10.4. The summed E-state index contributed by atoms with van der Waals surface area (Å²) in [6, 6.07) is 0. The van der Waals surface area contributed by atoms with E-state index >= 15 is 0 Å². The molecular weight excluding hydrogens is 252 g/mol. The Morgan fingerprint density at radius 1 is 1.85 bits per heavy atom. The Hall–Kier alpha value is -0.680. The number of carbonyl (C=O) groups is 1. The van der Waals surface area contributed by atoms with E-state index in [4.69, 9.17) is 0 Å². The van der Waals surface area contributed by atoms with Crippen molar-refractivity contribution in [1.82, 2.24) is 10.3 Å². The first-order chi connectivity index (χ1) is 6.18. The maximum Gasteiger partial charge on any atom is 0.217 e. The summed E-state index contributed by atoms with van der Waals surface area (Å²) in [5.74, 6) is -0.0240. The van der Waals surface area contributed by atoms with Gasteiger partial charge in [0.15, 0.2) is 3.92 Å². The molecule has 13 heavy (non-hydrogen) atoms. The molecule has 0 aromatic carbocycles. The SMILES string of the molecule is CC(=O)NCC=Cc1csc(Br)n1. The normalized spacial score (nSPS) is 10.6. The van der Waals surface area contributed by atoms with Crippen molar-refractivity contribution in [3.8, 4) is 0 Å². The van der Waals surface area contributed by atoms with Crippen LogP contribution in [0, 0.1) is 0 Å². The van der Waals surface area contributed by atoms with E-state index in [0.717, 1.165) is 9.61 Å². The quantitative estimate of drug-likeness (QED) is 0.904. The third-order valence-corrected chi connectivity index (χ3v) is 2.63. The fraction of sp³-hybridized carbons (Fsp3) is 0.250. The van der Waals surface area contributed by atoms with Gasteiger partial charge in [0.1, 0.15) is 0 Å². The Balaban J connectivity index is 2.36. The first-order valence-electron chi connectivity index (χ1n) is 3.70. The molecule has 5 heteroatoms. The van der Waals surface area contributed by atoms with Gasteiger partial charge in [0, 0.05) is 18.8 Å². The molecule has 1 rings (SSSR count). The van der Waals surface area contributed by atoms with Crippen molar-refractivity contribution in [3.63, 3.8) is 0 Å². The number of rotatable bonds is 3. The lowest BCUT2D eigenvalue weighted by Gasteiger charge is -1.92. The van der Waals surface area contributed by atoms with Crippen LogP contribution in [0.25, 0.3) is 6.08 Å². The van der Waals surface area contributed by atoms with Crippen molar-refractivity contribution in [2.45, 2.75) is 6.92 Å². The Labute approximate surface area is 89.0 Å². The molecule has 0 spiro atoms. The molecule has 0 aliphatic heterocycles. The van der Waals surface area contributed by atoms with Gasteiger partial charge in [0.25, 0.3) is 0 Å². The summed E-state index contributed by atoms with van der Waals surface area (Å²) in [4.78, 5) is 14.7. The molecule has 0 radical (unpaired) electrons. The van der Waals surface area contributed by atoms with E-state index in [2.05, 4.69) is 26.2 Å². The van der Waals surface area contributed by atoms with Crippen LogP contribution in [0.4, 0.5) is 0 Å². The van der Waals surface area contributed by atoms with E-state index in [-0.39, 0.29) is 5.91 Å². The van der Waals surface area contributed by atoms with Gasteiger partial charge in [0.2, 0.25) is 5.91 Å². The van der Waals surface area contributed by atoms with Crippen LogP contribution in [0.1, 0.15) is 12.6 Å². The lowest BCUT2D eigenvalue weighted by atomic mass is 10.4. The van der Waals surface area contributed by atoms with Crippen molar-refractivity contribution >= 4 is 39.2 Å². The second-order valence-corrected chi connectivity index (χ2v) is 4.50. The summed E-state index contributed by atoms with van der Waals surface area (Å²) in [7, 11) is 0. The van der Waals surface area contributed by atoms with Crippen molar-refractivity contribution < 1.29 is 4.79 Å². The number of carbonyl (C=O) groups excluding carboxylic acids is 1. The molecule has 0 fully saturated rings. The third-order valence-electron chi connectivity index (χ3n) is 1.25. The van der Waals surface area contributed by atoms with E-state index in [0.29, 0.717) is 6.54 Å². The minimum Gasteiger partial charge on any atom is -0.353 e. The minimum atomic E-state index is -0.0240. The molecule has 3 nitrogen and oxygen atoms in total. The number of nitrogens with zero attached hydrogens (tertiary/aromatic N) is 1. The average molecular weight is 261 g/mol. The van der Waals surface area contributed by atoms with Gasteiger partial charge >= 0.3 is 0 Å². The van der Waals surface area contributed by atoms with Crippen molar-refractivity contribution in [1.29, 1.82) is 0 Å². The van der Waals surface area contributed by atoms with Gasteiger partial charge in [-0.15, -0.1) is 11.3 Å². The number of hydrogen-bond donors (Lipinski definition) is 1. The van der Waals surface area contributed by atoms with Gasteiger partial charge in [-0.2, -0.15) is 0 Å². The zero-order valence-electron chi connectivity index (χ0n) is 7.08. The zero-order valence-corrected chi connectivity index (χ0v) is 9.48. The Kier molecular flexibility index (Phi) is 4.11. The second kappa shape index (κ2) is 5.14. The van der Waals surface area contributed by atoms with Crippen molar-refractivity contribution in [2.75, 3.05) is 6.54 Å². The lowest BCUT2D eigenvalue weighted by Crippen LogP contribution is -2.19. The monoisotopic (exact) mass is 260 g/mol. The van der Waals surface area contributed by atoms with E-state index in [1.165, 1.54) is 18.3 Å². The van der Waals surface area contributed by atoms with E-state index in [1.807, 2.05) is 17.5 Å². The Morgan fingerprint density at radius 2 is 2.62 bits per heavy atom. The molecular formula is C8H9BrN2OS. The average Bonchev–Trinajstić information content (AvgIpc) is 2.45. The summed E-state index contributed by atoms with van der Waals surface area (Å²) >= 11 is 4.80.